The smallest absolute Gasteiger partial charge is 0.240 e. The van der Waals surface area contributed by atoms with Gasteiger partial charge < -0.3 is 20.9 Å². The molecule has 1 aliphatic rings. The molecule has 0 aromatic heterocycles. The largest absolute Gasteiger partial charge is 0.353 e. The number of carbonyl (C=O) groups is 3. The molecule has 170 valence electrons. The van der Waals surface area contributed by atoms with Gasteiger partial charge in [-0.25, -0.2) is 0 Å². The van der Waals surface area contributed by atoms with Crippen molar-refractivity contribution < 1.29 is 14.4 Å². The van der Waals surface area contributed by atoms with Crippen LogP contribution in [0.5, 0.6) is 0 Å². The Morgan fingerprint density at radius 1 is 1.03 bits per heavy atom. The minimum absolute atomic E-state index is 0.0647. The van der Waals surface area contributed by atoms with Crippen molar-refractivity contribution in [2.45, 2.75) is 51.9 Å². The Balaban J connectivity index is 1.65. The highest BCUT2D eigenvalue weighted by molar-refractivity contribution is 5.83. The highest BCUT2D eigenvalue weighted by Gasteiger charge is 2.30. The summed E-state index contributed by atoms with van der Waals surface area (Å²) in [5.74, 6) is -0.128. The van der Waals surface area contributed by atoms with E-state index in [1.165, 1.54) is 13.8 Å². The molecular formula is C25H32N4O3. The molecule has 1 aliphatic heterocycles. The molecule has 7 nitrogen and oxygen atoms in total. The van der Waals surface area contributed by atoms with Crippen LogP contribution in [-0.2, 0) is 33.9 Å². The number of benzene rings is 2. The molecule has 0 spiro atoms. The molecule has 0 saturated carbocycles. The number of amides is 3. The van der Waals surface area contributed by atoms with Crippen molar-refractivity contribution in [3.8, 4) is 0 Å². The first-order valence-electron chi connectivity index (χ1n) is 11.1. The zero-order chi connectivity index (χ0) is 22.9. The summed E-state index contributed by atoms with van der Waals surface area (Å²) in [4.78, 5) is 38.0. The zero-order valence-electron chi connectivity index (χ0n) is 18.8. The van der Waals surface area contributed by atoms with Gasteiger partial charge >= 0.3 is 0 Å². The van der Waals surface area contributed by atoms with Crippen molar-refractivity contribution in [2.75, 3.05) is 13.1 Å². The molecule has 32 heavy (non-hydrogen) atoms. The molecule has 2 aromatic rings. The van der Waals surface area contributed by atoms with Gasteiger partial charge in [0.15, 0.2) is 0 Å². The van der Waals surface area contributed by atoms with Crippen LogP contribution in [0.3, 0.4) is 0 Å². The minimum Gasteiger partial charge on any atom is -0.353 e. The molecule has 3 amide bonds. The summed E-state index contributed by atoms with van der Waals surface area (Å²) in [6.45, 7) is 5.44. The highest BCUT2D eigenvalue weighted by Crippen LogP contribution is 2.15. The fourth-order valence-corrected chi connectivity index (χ4v) is 4.08. The van der Waals surface area contributed by atoms with E-state index < -0.39 is 0 Å². The van der Waals surface area contributed by atoms with E-state index >= 15 is 0 Å². The van der Waals surface area contributed by atoms with E-state index in [1.807, 2.05) is 59.5 Å². The third-order valence-electron chi connectivity index (χ3n) is 5.54. The van der Waals surface area contributed by atoms with Crippen LogP contribution >= 0.6 is 0 Å². The topological polar surface area (TPSA) is 90.5 Å². The average Bonchev–Trinajstić information content (AvgIpc) is 2.75. The quantitative estimate of drug-likeness (QED) is 0.559. The van der Waals surface area contributed by atoms with Crippen molar-refractivity contribution >= 4 is 17.7 Å². The number of rotatable bonds is 9. The second-order valence-electron chi connectivity index (χ2n) is 8.32. The van der Waals surface area contributed by atoms with Crippen LogP contribution in [0.15, 0.2) is 54.6 Å². The SMILES string of the molecule is CC(=O)NCc1cccc(C[C@@H](C[C@@H]2NCCN(Cc3ccccc3)C2=O)NC(C)=O)c1. The Bertz CT molecular complexity index is 932. The molecule has 1 heterocycles. The maximum absolute atomic E-state index is 13.1. The van der Waals surface area contributed by atoms with Gasteiger partial charge in [0.2, 0.25) is 17.7 Å². The van der Waals surface area contributed by atoms with Crippen molar-refractivity contribution in [1.82, 2.24) is 20.9 Å². The fraction of sp³-hybridized carbons (Fsp3) is 0.400. The predicted molar refractivity (Wildman–Crippen MR) is 124 cm³/mol. The van der Waals surface area contributed by atoms with E-state index in [-0.39, 0.29) is 29.8 Å². The molecule has 2 aromatic carbocycles. The fourth-order valence-electron chi connectivity index (χ4n) is 4.08. The van der Waals surface area contributed by atoms with Crippen molar-refractivity contribution in [1.29, 1.82) is 0 Å². The number of nitrogens with zero attached hydrogens (tertiary/aromatic N) is 1. The summed E-state index contributed by atoms with van der Waals surface area (Å²) in [5.41, 5.74) is 3.16. The first kappa shape index (κ1) is 23.5. The lowest BCUT2D eigenvalue weighted by Crippen LogP contribution is -2.56. The minimum atomic E-state index is -0.341. The summed E-state index contributed by atoms with van der Waals surface area (Å²) in [6, 6.07) is 17.4. The first-order valence-corrected chi connectivity index (χ1v) is 11.1. The van der Waals surface area contributed by atoms with E-state index in [0.29, 0.717) is 32.5 Å². The molecular weight excluding hydrogens is 404 g/mol. The Labute approximate surface area is 189 Å². The predicted octanol–water partition coefficient (Wildman–Crippen LogP) is 1.76. The second kappa shape index (κ2) is 11.4. The third kappa shape index (κ3) is 7.20. The summed E-state index contributed by atoms with van der Waals surface area (Å²) >= 11 is 0. The van der Waals surface area contributed by atoms with Gasteiger partial charge in [-0.2, -0.15) is 0 Å². The van der Waals surface area contributed by atoms with E-state index in [1.54, 1.807) is 0 Å². The number of carbonyl (C=O) groups excluding carboxylic acids is 3. The van der Waals surface area contributed by atoms with Gasteiger partial charge in [-0.05, 0) is 29.5 Å². The van der Waals surface area contributed by atoms with E-state index in [9.17, 15) is 14.4 Å². The van der Waals surface area contributed by atoms with Crippen molar-refractivity contribution in [3.05, 3.63) is 71.3 Å². The number of hydrogen-bond donors (Lipinski definition) is 3. The maximum atomic E-state index is 13.1. The molecule has 7 heteroatoms. The number of hydrogen-bond acceptors (Lipinski definition) is 4. The normalized spacial score (nSPS) is 17.0. The Kier molecular flexibility index (Phi) is 8.39. The van der Waals surface area contributed by atoms with Gasteiger partial charge in [-0.3, -0.25) is 14.4 Å². The van der Waals surface area contributed by atoms with Gasteiger partial charge in [0.1, 0.15) is 0 Å². The summed E-state index contributed by atoms with van der Waals surface area (Å²) in [7, 11) is 0. The lowest BCUT2D eigenvalue weighted by molar-refractivity contribution is -0.137. The van der Waals surface area contributed by atoms with E-state index in [2.05, 4.69) is 16.0 Å². The second-order valence-corrected chi connectivity index (χ2v) is 8.32. The Hall–Kier alpha value is -3.19. The third-order valence-corrected chi connectivity index (χ3v) is 5.54. The standard InChI is InChI=1S/C25H32N4O3/c1-18(30)27-16-22-10-6-9-21(13-22)14-23(28-19(2)31)15-24-25(32)29(12-11-26-24)17-20-7-4-3-5-8-20/h3-10,13,23-24,26H,11-12,14-17H2,1-2H3,(H,27,30)(H,28,31)/t23-,24-/m0/s1. The molecule has 3 rings (SSSR count). The van der Waals surface area contributed by atoms with Crippen LogP contribution < -0.4 is 16.0 Å². The van der Waals surface area contributed by atoms with Crippen LogP contribution in [0, 0.1) is 0 Å². The summed E-state index contributed by atoms with van der Waals surface area (Å²) in [5, 5.41) is 9.14. The van der Waals surface area contributed by atoms with Crippen LogP contribution in [0.1, 0.15) is 37.0 Å². The van der Waals surface area contributed by atoms with Gasteiger partial charge in [0.25, 0.3) is 0 Å². The Morgan fingerprint density at radius 3 is 2.47 bits per heavy atom. The molecule has 0 unspecified atom stereocenters. The molecule has 0 bridgehead atoms. The molecule has 2 atom stereocenters. The number of nitrogens with one attached hydrogen (secondary N) is 3. The monoisotopic (exact) mass is 436 g/mol. The van der Waals surface area contributed by atoms with Crippen LogP contribution in [0.4, 0.5) is 0 Å². The van der Waals surface area contributed by atoms with Gasteiger partial charge in [-0.1, -0.05) is 54.6 Å². The first-order chi connectivity index (χ1) is 15.4. The molecule has 1 fully saturated rings. The summed E-state index contributed by atoms with van der Waals surface area (Å²) < 4.78 is 0. The summed E-state index contributed by atoms with van der Waals surface area (Å²) in [6.07, 6.45) is 1.12. The van der Waals surface area contributed by atoms with Crippen molar-refractivity contribution in [2.24, 2.45) is 0 Å². The highest BCUT2D eigenvalue weighted by atomic mass is 16.2. The van der Waals surface area contributed by atoms with E-state index in [0.717, 1.165) is 23.2 Å². The van der Waals surface area contributed by atoms with Crippen molar-refractivity contribution in [3.63, 3.8) is 0 Å². The molecule has 0 radical (unpaired) electrons. The Morgan fingerprint density at radius 2 is 1.75 bits per heavy atom. The molecule has 3 N–H and O–H groups in total. The number of piperazine rings is 1. The average molecular weight is 437 g/mol. The van der Waals surface area contributed by atoms with Crippen LogP contribution in [0.2, 0.25) is 0 Å². The van der Waals surface area contributed by atoms with E-state index in [4.69, 9.17) is 0 Å². The zero-order valence-corrected chi connectivity index (χ0v) is 18.8. The van der Waals surface area contributed by atoms with Crippen LogP contribution in [0.25, 0.3) is 0 Å². The van der Waals surface area contributed by atoms with Gasteiger partial charge in [0.05, 0.1) is 6.04 Å². The molecule has 1 saturated heterocycles. The lowest BCUT2D eigenvalue weighted by atomic mass is 9.96. The maximum Gasteiger partial charge on any atom is 0.240 e. The van der Waals surface area contributed by atoms with Crippen LogP contribution in [-0.4, -0.2) is 47.8 Å². The van der Waals surface area contributed by atoms with Gasteiger partial charge in [-0.15, -0.1) is 0 Å². The van der Waals surface area contributed by atoms with Gasteiger partial charge in [0, 0.05) is 46.1 Å². The lowest BCUT2D eigenvalue weighted by Gasteiger charge is -2.35. The molecule has 0 aliphatic carbocycles.